The number of carbonyl (C=O) groups excluding carboxylic acids is 1. The Hall–Kier alpha value is -2.73. The van der Waals surface area contributed by atoms with Gasteiger partial charge in [0.05, 0.1) is 0 Å². The molecule has 3 aromatic rings. The highest BCUT2D eigenvalue weighted by Crippen LogP contribution is 2.39. The minimum atomic E-state index is -0.424. The lowest BCUT2D eigenvalue weighted by Gasteiger charge is -2.09. The van der Waals surface area contributed by atoms with Crippen molar-refractivity contribution in [3.8, 4) is 11.4 Å². The molecule has 7 heteroatoms. The zero-order chi connectivity index (χ0) is 18.1. The summed E-state index contributed by atoms with van der Waals surface area (Å²) < 4.78 is 5.33. The number of hydrogen-bond donors (Lipinski definition) is 1. The average Bonchev–Trinajstić information content (AvgIpc) is 3.38. The molecule has 0 radical (unpaired) electrons. The minimum Gasteiger partial charge on any atom is -0.341 e. The summed E-state index contributed by atoms with van der Waals surface area (Å²) in [5.74, 6) is 1.14. The Morgan fingerprint density at radius 2 is 2.15 bits per heavy atom. The number of hydrogen-bond acceptors (Lipinski definition) is 5. The Kier molecular flexibility index (Phi) is 4.42. The molecule has 1 fully saturated rings. The Morgan fingerprint density at radius 3 is 2.92 bits per heavy atom. The predicted octanol–water partition coefficient (Wildman–Crippen LogP) is 4.15. The van der Waals surface area contributed by atoms with E-state index in [-0.39, 0.29) is 5.91 Å². The van der Waals surface area contributed by atoms with Crippen LogP contribution in [0, 0.1) is 0 Å². The molecule has 1 N–H and O–H groups in total. The third-order valence-corrected chi connectivity index (χ3v) is 4.52. The molecular formula is C19H17ClN4O2. The van der Waals surface area contributed by atoms with Crippen LogP contribution in [0.25, 0.3) is 11.4 Å². The fourth-order valence-electron chi connectivity index (χ4n) is 2.69. The topological polar surface area (TPSA) is 80.9 Å². The molecule has 1 unspecified atom stereocenters. The minimum absolute atomic E-state index is 0.250. The highest BCUT2D eigenvalue weighted by Gasteiger charge is 2.25. The molecule has 132 valence electrons. The molecule has 0 spiro atoms. The lowest BCUT2D eigenvalue weighted by molar-refractivity contribution is 0.0932. The molecule has 26 heavy (non-hydrogen) atoms. The van der Waals surface area contributed by atoms with E-state index in [2.05, 4.69) is 20.4 Å². The lowest BCUT2D eigenvalue weighted by Crippen LogP contribution is -2.26. The predicted molar refractivity (Wildman–Crippen MR) is 96.8 cm³/mol. The monoisotopic (exact) mass is 368 g/mol. The maximum absolute atomic E-state index is 12.3. The van der Waals surface area contributed by atoms with Crippen LogP contribution in [-0.4, -0.2) is 21.0 Å². The van der Waals surface area contributed by atoms with E-state index >= 15 is 0 Å². The van der Waals surface area contributed by atoms with Crippen molar-refractivity contribution < 1.29 is 9.32 Å². The number of aromatic nitrogens is 3. The molecule has 1 aromatic carbocycles. The number of rotatable bonds is 5. The van der Waals surface area contributed by atoms with E-state index in [0.717, 1.165) is 11.3 Å². The van der Waals surface area contributed by atoms with E-state index in [1.165, 1.54) is 12.8 Å². The normalized spacial score (nSPS) is 14.8. The van der Waals surface area contributed by atoms with E-state index in [1.807, 2.05) is 12.1 Å². The average molecular weight is 369 g/mol. The summed E-state index contributed by atoms with van der Waals surface area (Å²) in [4.78, 5) is 21.1. The summed E-state index contributed by atoms with van der Waals surface area (Å²) in [5.41, 5.74) is 2.41. The van der Waals surface area contributed by atoms with Crippen molar-refractivity contribution in [1.29, 1.82) is 0 Å². The lowest BCUT2D eigenvalue weighted by atomic mass is 10.1. The van der Waals surface area contributed by atoms with Gasteiger partial charge in [-0.05, 0) is 50.1 Å². The quantitative estimate of drug-likeness (QED) is 0.731. The zero-order valence-corrected chi connectivity index (χ0v) is 14.9. The molecule has 1 saturated carbocycles. The fourth-order valence-corrected chi connectivity index (χ4v) is 2.88. The molecular weight excluding hydrogens is 352 g/mol. The van der Waals surface area contributed by atoms with Crippen LogP contribution in [-0.2, 0) is 0 Å². The number of carbonyl (C=O) groups is 1. The summed E-state index contributed by atoms with van der Waals surface area (Å²) in [6.45, 7) is 1.79. The Labute approximate surface area is 155 Å². The zero-order valence-electron chi connectivity index (χ0n) is 14.1. The smallest absolute Gasteiger partial charge is 0.251 e. The Morgan fingerprint density at radius 1 is 1.31 bits per heavy atom. The van der Waals surface area contributed by atoms with E-state index in [1.54, 1.807) is 37.4 Å². The van der Waals surface area contributed by atoms with Gasteiger partial charge in [0, 0.05) is 34.0 Å². The van der Waals surface area contributed by atoms with Gasteiger partial charge in [-0.1, -0.05) is 22.8 Å². The summed E-state index contributed by atoms with van der Waals surface area (Å²) >= 11 is 5.93. The summed E-state index contributed by atoms with van der Waals surface area (Å²) in [6.07, 6.45) is 4.13. The van der Waals surface area contributed by atoms with Crippen LogP contribution in [0.2, 0.25) is 5.02 Å². The summed E-state index contributed by atoms with van der Waals surface area (Å²) in [7, 11) is 0. The third-order valence-electron chi connectivity index (χ3n) is 4.28. The highest BCUT2D eigenvalue weighted by molar-refractivity contribution is 6.30. The Balaban J connectivity index is 1.48. The molecule has 0 aliphatic heterocycles. The van der Waals surface area contributed by atoms with E-state index in [0.29, 0.717) is 28.2 Å². The number of benzene rings is 1. The van der Waals surface area contributed by atoms with Crippen LogP contribution in [0.4, 0.5) is 0 Å². The first-order chi connectivity index (χ1) is 12.6. The number of pyridine rings is 1. The first-order valence-corrected chi connectivity index (χ1v) is 8.84. The molecule has 2 heterocycles. The molecule has 2 aromatic heterocycles. The van der Waals surface area contributed by atoms with Gasteiger partial charge in [0.1, 0.15) is 6.04 Å². The SMILES string of the molecule is CC(NC(=O)c1cccc(Cl)c1)c1nc(-c2ccnc(C3CC3)c2)no1. The van der Waals surface area contributed by atoms with Crippen molar-refractivity contribution in [2.75, 3.05) is 0 Å². The molecule has 0 saturated heterocycles. The van der Waals surface area contributed by atoms with Gasteiger partial charge >= 0.3 is 0 Å². The van der Waals surface area contributed by atoms with Crippen molar-refractivity contribution in [3.63, 3.8) is 0 Å². The van der Waals surface area contributed by atoms with Gasteiger partial charge in [-0.2, -0.15) is 4.98 Å². The number of halogens is 1. The van der Waals surface area contributed by atoms with Gasteiger partial charge in [0.15, 0.2) is 0 Å². The molecule has 0 bridgehead atoms. The number of nitrogens with zero attached hydrogens (tertiary/aromatic N) is 3. The van der Waals surface area contributed by atoms with Gasteiger partial charge in [-0.25, -0.2) is 0 Å². The van der Waals surface area contributed by atoms with E-state index in [9.17, 15) is 4.79 Å². The number of nitrogens with one attached hydrogen (secondary N) is 1. The van der Waals surface area contributed by atoms with Crippen molar-refractivity contribution in [3.05, 3.63) is 64.8 Å². The van der Waals surface area contributed by atoms with Crippen molar-refractivity contribution in [2.45, 2.75) is 31.7 Å². The molecule has 1 aliphatic rings. The van der Waals surface area contributed by atoms with Crippen LogP contribution >= 0.6 is 11.6 Å². The van der Waals surface area contributed by atoms with Crippen LogP contribution in [0.15, 0.2) is 47.1 Å². The van der Waals surface area contributed by atoms with E-state index < -0.39 is 6.04 Å². The summed E-state index contributed by atoms with van der Waals surface area (Å²) in [5, 5.41) is 7.38. The number of amides is 1. The van der Waals surface area contributed by atoms with E-state index in [4.69, 9.17) is 16.1 Å². The Bertz CT molecular complexity index is 952. The first kappa shape index (κ1) is 16.7. The molecule has 1 amide bonds. The van der Waals surface area contributed by atoms with Crippen LogP contribution < -0.4 is 5.32 Å². The van der Waals surface area contributed by atoms with Crippen molar-refractivity contribution in [2.24, 2.45) is 0 Å². The third kappa shape index (κ3) is 3.60. The van der Waals surface area contributed by atoms with Gasteiger partial charge < -0.3 is 9.84 Å². The summed E-state index contributed by atoms with van der Waals surface area (Å²) in [6, 6.07) is 10.2. The molecule has 1 aliphatic carbocycles. The van der Waals surface area contributed by atoms with Crippen LogP contribution in [0.3, 0.4) is 0 Å². The van der Waals surface area contributed by atoms with Crippen LogP contribution in [0.5, 0.6) is 0 Å². The second-order valence-electron chi connectivity index (χ2n) is 6.41. The van der Waals surface area contributed by atoms with Gasteiger partial charge in [-0.15, -0.1) is 0 Å². The maximum Gasteiger partial charge on any atom is 0.251 e. The van der Waals surface area contributed by atoms with Gasteiger partial charge in [0.25, 0.3) is 5.91 Å². The second kappa shape index (κ2) is 6.88. The highest BCUT2D eigenvalue weighted by atomic mass is 35.5. The largest absolute Gasteiger partial charge is 0.341 e. The van der Waals surface area contributed by atoms with Gasteiger partial charge in [0.2, 0.25) is 11.7 Å². The van der Waals surface area contributed by atoms with Gasteiger partial charge in [-0.3, -0.25) is 9.78 Å². The van der Waals surface area contributed by atoms with Crippen LogP contribution in [0.1, 0.15) is 53.7 Å². The molecule has 6 nitrogen and oxygen atoms in total. The standard InChI is InChI=1S/C19H17ClN4O2/c1-11(22-18(25)14-3-2-4-15(20)9-14)19-23-17(24-26-19)13-7-8-21-16(10-13)12-5-6-12/h2-4,7-12H,5-6H2,1H3,(H,22,25). The van der Waals surface area contributed by atoms with Crippen molar-refractivity contribution in [1.82, 2.24) is 20.4 Å². The first-order valence-electron chi connectivity index (χ1n) is 8.46. The molecule has 1 atom stereocenters. The molecule has 4 rings (SSSR count). The fraction of sp³-hybridized carbons (Fsp3) is 0.263. The van der Waals surface area contributed by atoms with Crippen molar-refractivity contribution >= 4 is 17.5 Å². The maximum atomic E-state index is 12.3. The second-order valence-corrected chi connectivity index (χ2v) is 6.84.